The van der Waals surface area contributed by atoms with Crippen LogP contribution in [0.4, 0.5) is 0 Å². The first-order chi connectivity index (χ1) is 4.39. The molecule has 0 saturated carbocycles. The van der Waals surface area contributed by atoms with Gasteiger partial charge >= 0.3 is 0 Å². The number of ether oxygens (including phenoxy) is 1. The summed E-state index contributed by atoms with van der Waals surface area (Å²) in [6, 6.07) is 0. The highest BCUT2D eigenvalue weighted by Gasteiger charge is 2.00. The minimum absolute atomic E-state index is 0.811. The van der Waals surface area contributed by atoms with E-state index in [1.54, 1.807) is 0 Å². The van der Waals surface area contributed by atoms with Crippen molar-refractivity contribution in [3.05, 3.63) is 12.3 Å². The zero-order valence-corrected chi connectivity index (χ0v) is 5.21. The topological polar surface area (TPSA) is 41.5 Å². The molecule has 0 fully saturated rings. The molecule has 2 N–H and O–H groups in total. The summed E-state index contributed by atoms with van der Waals surface area (Å²) in [4.78, 5) is 0. The first kappa shape index (κ1) is 6.58. The fourth-order valence-electron chi connectivity index (χ4n) is 0.692. The third-order valence-electron chi connectivity index (χ3n) is 1.17. The molecule has 1 rings (SSSR count). The molecule has 1 aliphatic heterocycles. The van der Waals surface area contributed by atoms with Gasteiger partial charge in [-0.25, -0.2) is 0 Å². The maximum atomic E-state index is 8.83. The Hall–Kier alpha value is -0.540. The lowest BCUT2D eigenvalue weighted by molar-refractivity contribution is -0.0770. The van der Waals surface area contributed by atoms with Crippen molar-refractivity contribution in [3.63, 3.8) is 0 Å². The Balaban J connectivity index is 2.28. The number of nitrogens with one attached hydrogen (secondary N) is 1. The molecule has 52 valence electrons. The number of hydrogen-bond donors (Lipinski definition) is 2. The number of rotatable bonds is 0. The van der Waals surface area contributed by atoms with Crippen LogP contribution in [-0.4, -0.2) is 18.1 Å². The molecular weight excluding hydrogens is 118 g/mol. The van der Waals surface area contributed by atoms with Crippen molar-refractivity contribution in [2.24, 2.45) is 0 Å². The van der Waals surface area contributed by atoms with Crippen LogP contribution in [0.2, 0.25) is 0 Å². The molecule has 0 saturated heterocycles. The van der Waals surface area contributed by atoms with Crippen LogP contribution < -0.4 is 5.32 Å². The SMILES string of the molecule is OC1NCCCC=CO1. The lowest BCUT2D eigenvalue weighted by atomic mass is 10.3. The number of aliphatic hydroxyl groups is 1. The summed E-state index contributed by atoms with van der Waals surface area (Å²) < 4.78 is 4.75. The first-order valence-corrected chi connectivity index (χ1v) is 3.11. The zero-order chi connectivity index (χ0) is 6.53. The van der Waals surface area contributed by atoms with Gasteiger partial charge < -0.3 is 9.84 Å². The van der Waals surface area contributed by atoms with Crippen LogP contribution in [0.1, 0.15) is 12.8 Å². The van der Waals surface area contributed by atoms with Crippen molar-refractivity contribution in [2.75, 3.05) is 6.54 Å². The van der Waals surface area contributed by atoms with E-state index in [0.717, 1.165) is 19.4 Å². The Morgan fingerprint density at radius 2 is 2.56 bits per heavy atom. The summed E-state index contributed by atoms with van der Waals surface area (Å²) in [5.41, 5.74) is 0. The standard InChI is InChI=1S/C6H11NO2/c8-6-7-4-2-1-3-5-9-6/h3,5-8H,1-2,4H2. The highest BCUT2D eigenvalue weighted by atomic mass is 16.6. The summed E-state index contributed by atoms with van der Waals surface area (Å²) in [7, 11) is 0. The van der Waals surface area contributed by atoms with Gasteiger partial charge in [-0.15, -0.1) is 0 Å². The minimum Gasteiger partial charge on any atom is -0.460 e. The lowest BCUT2D eigenvalue weighted by Gasteiger charge is -2.13. The lowest BCUT2D eigenvalue weighted by Crippen LogP contribution is -2.31. The average Bonchev–Trinajstić information content (AvgIpc) is 1.79. The normalized spacial score (nSPS) is 28.3. The van der Waals surface area contributed by atoms with Gasteiger partial charge in [-0.3, -0.25) is 5.32 Å². The fourth-order valence-corrected chi connectivity index (χ4v) is 0.692. The van der Waals surface area contributed by atoms with Crippen molar-refractivity contribution in [1.82, 2.24) is 5.32 Å². The number of hydrogen-bond acceptors (Lipinski definition) is 3. The Morgan fingerprint density at radius 3 is 3.44 bits per heavy atom. The van der Waals surface area contributed by atoms with Crippen molar-refractivity contribution in [2.45, 2.75) is 19.3 Å². The molecule has 0 spiro atoms. The molecule has 1 atom stereocenters. The third-order valence-corrected chi connectivity index (χ3v) is 1.17. The fraction of sp³-hybridized carbons (Fsp3) is 0.667. The molecule has 0 aromatic heterocycles. The highest BCUT2D eigenvalue weighted by Crippen LogP contribution is 1.95. The van der Waals surface area contributed by atoms with E-state index in [0.29, 0.717) is 0 Å². The summed E-state index contributed by atoms with van der Waals surface area (Å²) in [5, 5.41) is 11.6. The van der Waals surface area contributed by atoms with E-state index in [1.165, 1.54) is 6.26 Å². The van der Waals surface area contributed by atoms with E-state index in [1.807, 2.05) is 6.08 Å². The van der Waals surface area contributed by atoms with Gasteiger partial charge in [-0.1, -0.05) is 0 Å². The van der Waals surface area contributed by atoms with Crippen LogP contribution in [-0.2, 0) is 4.74 Å². The van der Waals surface area contributed by atoms with Gasteiger partial charge in [-0.2, -0.15) is 0 Å². The molecule has 1 unspecified atom stereocenters. The summed E-state index contributed by atoms with van der Waals surface area (Å²) in [6.45, 7) is 0.811. The molecule has 0 aromatic carbocycles. The molecule has 0 aromatic rings. The monoisotopic (exact) mass is 129 g/mol. The smallest absolute Gasteiger partial charge is 0.256 e. The zero-order valence-electron chi connectivity index (χ0n) is 5.21. The maximum Gasteiger partial charge on any atom is 0.256 e. The van der Waals surface area contributed by atoms with Gasteiger partial charge in [-0.05, 0) is 18.9 Å². The second-order valence-electron chi connectivity index (χ2n) is 1.96. The van der Waals surface area contributed by atoms with Crippen LogP contribution in [0.3, 0.4) is 0 Å². The Kier molecular flexibility index (Phi) is 2.54. The van der Waals surface area contributed by atoms with Gasteiger partial charge in [0.25, 0.3) is 6.41 Å². The number of aliphatic hydroxyl groups excluding tert-OH is 1. The van der Waals surface area contributed by atoms with Crippen molar-refractivity contribution >= 4 is 0 Å². The molecule has 3 heteroatoms. The van der Waals surface area contributed by atoms with Gasteiger partial charge in [0.2, 0.25) is 0 Å². The first-order valence-electron chi connectivity index (χ1n) is 3.11. The summed E-state index contributed by atoms with van der Waals surface area (Å²) >= 11 is 0. The Labute approximate surface area is 54.3 Å². The number of allylic oxidation sites excluding steroid dienone is 1. The second kappa shape index (κ2) is 3.48. The molecule has 0 radical (unpaired) electrons. The predicted octanol–water partition coefficient (Wildman–Crippen LogP) is 0.176. The Morgan fingerprint density at radius 1 is 1.67 bits per heavy atom. The minimum atomic E-state index is -0.818. The van der Waals surface area contributed by atoms with Gasteiger partial charge in [0.05, 0.1) is 6.26 Å². The molecule has 9 heavy (non-hydrogen) atoms. The van der Waals surface area contributed by atoms with Gasteiger partial charge in [0.1, 0.15) is 0 Å². The maximum absolute atomic E-state index is 8.83. The molecule has 1 aliphatic rings. The van der Waals surface area contributed by atoms with Crippen molar-refractivity contribution in [1.29, 1.82) is 0 Å². The van der Waals surface area contributed by atoms with E-state index in [4.69, 9.17) is 9.84 Å². The van der Waals surface area contributed by atoms with Crippen LogP contribution in [0.5, 0.6) is 0 Å². The van der Waals surface area contributed by atoms with Gasteiger partial charge in [0, 0.05) is 6.54 Å². The van der Waals surface area contributed by atoms with E-state index < -0.39 is 6.41 Å². The van der Waals surface area contributed by atoms with Gasteiger partial charge in [0.15, 0.2) is 0 Å². The molecule has 0 amide bonds. The van der Waals surface area contributed by atoms with Crippen LogP contribution in [0, 0.1) is 0 Å². The van der Waals surface area contributed by atoms with E-state index in [2.05, 4.69) is 5.32 Å². The highest BCUT2D eigenvalue weighted by molar-refractivity contribution is 4.75. The Bertz CT molecular complexity index is 103. The van der Waals surface area contributed by atoms with Crippen molar-refractivity contribution in [3.8, 4) is 0 Å². The average molecular weight is 129 g/mol. The van der Waals surface area contributed by atoms with Crippen molar-refractivity contribution < 1.29 is 9.84 Å². The summed E-state index contributed by atoms with van der Waals surface area (Å²) in [6.07, 6.45) is 4.68. The second-order valence-corrected chi connectivity index (χ2v) is 1.96. The third kappa shape index (κ3) is 2.49. The quantitative estimate of drug-likeness (QED) is 0.490. The molecular formula is C6H11NO2. The van der Waals surface area contributed by atoms with E-state index in [-0.39, 0.29) is 0 Å². The van der Waals surface area contributed by atoms with Crippen LogP contribution >= 0.6 is 0 Å². The van der Waals surface area contributed by atoms with Crippen LogP contribution in [0.25, 0.3) is 0 Å². The van der Waals surface area contributed by atoms with Crippen LogP contribution in [0.15, 0.2) is 12.3 Å². The molecule has 1 heterocycles. The molecule has 0 aliphatic carbocycles. The molecule has 3 nitrogen and oxygen atoms in total. The van der Waals surface area contributed by atoms with E-state index in [9.17, 15) is 0 Å². The predicted molar refractivity (Wildman–Crippen MR) is 33.5 cm³/mol. The summed E-state index contributed by atoms with van der Waals surface area (Å²) in [5.74, 6) is 0. The molecule has 0 bridgehead atoms. The largest absolute Gasteiger partial charge is 0.460 e. The van der Waals surface area contributed by atoms with E-state index >= 15 is 0 Å².